The molecule has 1 rings (SSSR count). The minimum atomic E-state index is 1.05. The minimum absolute atomic E-state index is 1.05. The van der Waals surface area contributed by atoms with Gasteiger partial charge in [-0.05, 0) is 13.3 Å². The van der Waals surface area contributed by atoms with E-state index >= 15 is 0 Å². The first-order valence-electron chi connectivity index (χ1n) is 5.23. The lowest BCUT2D eigenvalue weighted by molar-refractivity contribution is 0.486. The predicted octanol–water partition coefficient (Wildman–Crippen LogP) is 3.50. The minimum Gasteiger partial charge on any atom is -0.448 e. The number of aromatic nitrogens is 1. The smallest absolute Gasteiger partial charge is 0.181 e. The van der Waals surface area contributed by atoms with Gasteiger partial charge in [0.1, 0.15) is 5.76 Å². The summed E-state index contributed by atoms with van der Waals surface area (Å²) in [4.78, 5) is 4.07. The Bertz CT molecular complexity index is 230. The van der Waals surface area contributed by atoms with E-state index in [4.69, 9.17) is 4.42 Å². The molecule has 0 aromatic carbocycles. The highest BCUT2D eigenvalue weighted by Gasteiger charge is 2.01. The van der Waals surface area contributed by atoms with Gasteiger partial charge in [-0.15, -0.1) is 0 Å². The number of hydrogen-bond donors (Lipinski definition) is 0. The van der Waals surface area contributed by atoms with Crippen LogP contribution in [0.2, 0.25) is 0 Å². The van der Waals surface area contributed by atoms with E-state index in [2.05, 4.69) is 11.9 Å². The first-order chi connectivity index (χ1) is 6.34. The summed E-state index contributed by atoms with van der Waals surface area (Å²) in [6, 6.07) is 0. The van der Waals surface area contributed by atoms with Gasteiger partial charge in [0.25, 0.3) is 0 Å². The van der Waals surface area contributed by atoms with Gasteiger partial charge in [-0.3, -0.25) is 0 Å². The van der Waals surface area contributed by atoms with Crippen LogP contribution in [0.25, 0.3) is 0 Å². The molecule has 0 fully saturated rings. The van der Waals surface area contributed by atoms with Crippen molar-refractivity contribution < 1.29 is 4.42 Å². The normalized spacial score (nSPS) is 10.6. The molecule has 0 spiro atoms. The summed E-state index contributed by atoms with van der Waals surface area (Å²) in [6.07, 6.45) is 9.15. The van der Waals surface area contributed by atoms with Crippen LogP contribution in [-0.2, 0) is 6.42 Å². The predicted molar refractivity (Wildman–Crippen MR) is 53.7 cm³/mol. The third-order valence-electron chi connectivity index (χ3n) is 2.35. The molecule has 1 aromatic rings. The molecular weight excluding hydrogens is 162 g/mol. The highest BCUT2D eigenvalue weighted by Crippen LogP contribution is 2.11. The number of nitrogens with zero attached hydrogens (tertiary/aromatic N) is 1. The van der Waals surface area contributed by atoms with E-state index in [1.54, 1.807) is 0 Å². The van der Waals surface area contributed by atoms with Crippen LogP contribution in [0.4, 0.5) is 0 Å². The zero-order valence-electron chi connectivity index (χ0n) is 8.68. The average molecular weight is 181 g/mol. The fraction of sp³-hybridized carbons (Fsp3) is 0.727. The SMILES string of the molecule is CCCCCCCc1ocnc1C. The van der Waals surface area contributed by atoms with Gasteiger partial charge in [0, 0.05) is 6.42 Å². The highest BCUT2D eigenvalue weighted by atomic mass is 16.3. The topological polar surface area (TPSA) is 26.0 Å². The van der Waals surface area contributed by atoms with Gasteiger partial charge < -0.3 is 4.42 Å². The average Bonchev–Trinajstić information content (AvgIpc) is 2.52. The Hall–Kier alpha value is -0.790. The molecule has 0 amide bonds. The van der Waals surface area contributed by atoms with E-state index in [9.17, 15) is 0 Å². The van der Waals surface area contributed by atoms with Gasteiger partial charge in [0.2, 0.25) is 0 Å². The molecule has 0 bridgehead atoms. The van der Waals surface area contributed by atoms with E-state index in [1.807, 2.05) is 6.92 Å². The molecule has 0 aliphatic heterocycles. The third-order valence-corrected chi connectivity index (χ3v) is 2.35. The molecule has 1 heterocycles. The van der Waals surface area contributed by atoms with Crippen LogP contribution in [0.5, 0.6) is 0 Å². The molecule has 0 saturated carbocycles. The lowest BCUT2D eigenvalue weighted by atomic mass is 10.1. The van der Waals surface area contributed by atoms with Crippen LogP contribution >= 0.6 is 0 Å². The summed E-state index contributed by atoms with van der Waals surface area (Å²) < 4.78 is 5.26. The van der Waals surface area contributed by atoms with E-state index < -0.39 is 0 Å². The van der Waals surface area contributed by atoms with Gasteiger partial charge in [-0.2, -0.15) is 0 Å². The molecule has 74 valence electrons. The number of hydrogen-bond acceptors (Lipinski definition) is 2. The third kappa shape index (κ3) is 3.62. The number of unbranched alkanes of at least 4 members (excludes halogenated alkanes) is 4. The molecule has 2 nitrogen and oxygen atoms in total. The molecule has 0 saturated heterocycles. The number of rotatable bonds is 6. The van der Waals surface area contributed by atoms with Crippen molar-refractivity contribution in [1.29, 1.82) is 0 Å². The summed E-state index contributed by atoms with van der Waals surface area (Å²) in [5.74, 6) is 1.07. The van der Waals surface area contributed by atoms with Crippen LogP contribution in [-0.4, -0.2) is 4.98 Å². The second kappa shape index (κ2) is 5.79. The van der Waals surface area contributed by atoms with Crippen LogP contribution in [0, 0.1) is 6.92 Å². The second-order valence-corrected chi connectivity index (χ2v) is 3.53. The summed E-state index contributed by atoms with van der Waals surface area (Å²) in [6.45, 7) is 4.24. The Balaban J connectivity index is 2.10. The zero-order chi connectivity index (χ0) is 9.52. The number of oxazole rings is 1. The molecule has 0 N–H and O–H groups in total. The Kier molecular flexibility index (Phi) is 4.58. The quantitative estimate of drug-likeness (QED) is 0.628. The van der Waals surface area contributed by atoms with Crippen molar-refractivity contribution in [2.24, 2.45) is 0 Å². The summed E-state index contributed by atoms with van der Waals surface area (Å²) in [7, 11) is 0. The fourth-order valence-corrected chi connectivity index (χ4v) is 1.46. The van der Waals surface area contributed by atoms with Gasteiger partial charge in [-0.25, -0.2) is 4.98 Å². The van der Waals surface area contributed by atoms with Crippen molar-refractivity contribution in [1.82, 2.24) is 4.98 Å². The second-order valence-electron chi connectivity index (χ2n) is 3.53. The Morgan fingerprint density at radius 1 is 1.23 bits per heavy atom. The molecule has 0 aliphatic rings. The summed E-state index contributed by atoms with van der Waals surface area (Å²) in [5, 5.41) is 0. The van der Waals surface area contributed by atoms with Crippen molar-refractivity contribution in [3.8, 4) is 0 Å². The lowest BCUT2D eigenvalue weighted by Crippen LogP contribution is -1.86. The van der Waals surface area contributed by atoms with Crippen molar-refractivity contribution in [3.63, 3.8) is 0 Å². The zero-order valence-corrected chi connectivity index (χ0v) is 8.68. The van der Waals surface area contributed by atoms with Crippen LogP contribution in [0.15, 0.2) is 10.8 Å². The van der Waals surface area contributed by atoms with E-state index in [1.165, 1.54) is 38.5 Å². The first-order valence-corrected chi connectivity index (χ1v) is 5.23. The van der Waals surface area contributed by atoms with Crippen molar-refractivity contribution >= 4 is 0 Å². The van der Waals surface area contributed by atoms with Gasteiger partial charge >= 0.3 is 0 Å². The standard InChI is InChI=1S/C11H19NO/c1-3-4-5-6-7-8-11-10(2)12-9-13-11/h9H,3-8H2,1-2H3. The Morgan fingerprint density at radius 2 is 2.00 bits per heavy atom. The van der Waals surface area contributed by atoms with Gasteiger partial charge in [0.15, 0.2) is 6.39 Å². The molecule has 0 atom stereocenters. The van der Waals surface area contributed by atoms with Crippen molar-refractivity contribution in [2.45, 2.75) is 52.4 Å². The van der Waals surface area contributed by atoms with Crippen LogP contribution in [0.1, 0.15) is 50.5 Å². The van der Waals surface area contributed by atoms with Crippen LogP contribution < -0.4 is 0 Å². The van der Waals surface area contributed by atoms with Crippen LogP contribution in [0.3, 0.4) is 0 Å². The van der Waals surface area contributed by atoms with Gasteiger partial charge in [-0.1, -0.05) is 32.6 Å². The van der Waals surface area contributed by atoms with Crippen molar-refractivity contribution in [2.75, 3.05) is 0 Å². The lowest BCUT2D eigenvalue weighted by Gasteiger charge is -1.98. The first kappa shape index (κ1) is 10.3. The largest absolute Gasteiger partial charge is 0.448 e. The maximum atomic E-state index is 5.26. The maximum Gasteiger partial charge on any atom is 0.181 e. The fourth-order valence-electron chi connectivity index (χ4n) is 1.46. The van der Waals surface area contributed by atoms with E-state index in [0.29, 0.717) is 0 Å². The van der Waals surface area contributed by atoms with Crippen molar-refractivity contribution in [3.05, 3.63) is 17.8 Å². The summed E-state index contributed by atoms with van der Waals surface area (Å²) >= 11 is 0. The molecule has 0 aliphatic carbocycles. The number of aryl methyl sites for hydroxylation is 2. The molecule has 1 aromatic heterocycles. The molecule has 0 unspecified atom stereocenters. The molecule has 2 heteroatoms. The van der Waals surface area contributed by atoms with Gasteiger partial charge in [0.05, 0.1) is 5.69 Å². The van der Waals surface area contributed by atoms with E-state index in [0.717, 1.165) is 17.9 Å². The Morgan fingerprint density at radius 3 is 2.62 bits per heavy atom. The summed E-state index contributed by atoms with van der Waals surface area (Å²) in [5.41, 5.74) is 1.05. The van der Waals surface area contributed by atoms with E-state index in [-0.39, 0.29) is 0 Å². The Labute approximate surface area is 80.4 Å². The highest BCUT2D eigenvalue weighted by molar-refractivity contribution is 5.03. The molecular formula is C11H19NO. The molecule has 0 radical (unpaired) electrons. The monoisotopic (exact) mass is 181 g/mol. The maximum absolute atomic E-state index is 5.26. The molecule has 13 heavy (non-hydrogen) atoms.